The first-order valence-electron chi connectivity index (χ1n) is 22.1. The summed E-state index contributed by atoms with van der Waals surface area (Å²) in [6, 6.07) is 24.9. The number of alkyl halides is 1. The number of aromatic amines is 1. The Hall–Kier alpha value is -6.55. The van der Waals surface area contributed by atoms with Crippen LogP contribution in [0.3, 0.4) is 0 Å². The van der Waals surface area contributed by atoms with Crippen LogP contribution in [0.25, 0.3) is 27.2 Å². The van der Waals surface area contributed by atoms with Crippen molar-refractivity contribution in [2.45, 2.75) is 57.2 Å². The number of hydrogen-bond donors (Lipinski definition) is 3. The lowest BCUT2D eigenvalue weighted by Crippen LogP contribution is -2.33. The number of nitrogens with one attached hydrogen (secondary N) is 2. The largest absolute Gasteiger partial charge is 0.695 e. The van der Waals surface area contributed by atoms with Crippen LogP contribution in [0.1, 0.15) is 42.6 Å². The maximum absolute atomic E-state index is 16.4. The van der Waals surface area contributed by atoms with Crippen LogP contribution in [0.4, 0.5) is 10.3 Å². The number of carbonyl (C=O) groups excluding carboxylic acids is 1. The standard InChI is InChI=1S/C45H46FN11O12P2S/c1-27(2)41(58)52-44-51-40-37(42(59)53-44)54-55-57(40)43-38(69-70(60)61)36(46)34(68-43)24-67-71(72,65-21-19-47-3)66-22-20-56-35(50-33-23-48-26-49-39(33)56)25-64-45(28-9-7-6-8-10-28,29-11-15-31(62-4)16-12-29)30-13-17-32(63-5)18-14-30/h6-18,23,26-27,34,36,38,43H,19-22,24-25H2,1-2,4-5H3,(H2-,51,52,53,55,58,59,60,61)/p+1/t34-,36-,38-,43-,71?/m1/s1. The summed E-state index contributed by atoms with van der Waals surface area (Å²) in [5.74, 6) is 0.536. The van der Waals surface area contributed by atoms with Crippen molar-refractivity contribution < 1.29 is 55.7 Å². The highest BCUT2D eigenvalue weighted by atomic mass is 32.5. The van der Waals surface area contributed by atoms with Crippen molar-refractivity contribution in [2.24, 2.45) is 5.92 Å². The Bertz CT molecular complexity index is 3130. The number of methoxy groups -OCH3 is 2. The first-order chi connectivity index (χ1) is 34.8. The van der Waals surface area contributed by atoms with Crippen LogP contribution in [0.15, 0.2) is 96.2 Å². The summed E-state index contributed by atoms with van der Waals surface area (Å²) in [5.41, 5.74) is 0.738. The molecule has 2 unspecified atom stereocenters. The number of nitrogens with zero attached hydrogens (tertiary/aromatic N) is 9. The summed E-state index contributed by atoms with van der Waals surface area (Å²) < 4.78 is 78.3. The number of rotatable bonds is 23. The Morgan fingerprint density at radius 3 is 2.31 bits per heavy atom. The average molecular weight is 1050 g/mol. The Kier molecular flexibility index (Phi) is 16.5. The molecule has 1 fully saturated rings. The SMILES string of the molecule is [C-]#[N+]CCOP(=S)(OCCn1c(COC(c2ccccc2)(c2ccc(OC)cc2)c2ccc(OC)cc2)nc2cncnc21)OC[C@H]1O[C@@H](n2nnc3c(=O)[nH]c(NC(=O)C(C)C)nc32)[C@H](O[P+](=O)O)[C@@H]1F. The Balaban J connectivity index is 1.05. The number of amides is 1. The smallest absolute Gasteiger partial charge is 0.497 e. The molecule has 0 saturated carbocycles. The molecule has 4 aromatic heterocycles. The molecule has 1 amide bonds. The molecule has 23 nitrogen and oxygen atoms in total. The molecule has 0 aliphatic carbocycles. The summed E-state index contributed by atoms with van der Waals surface area (Å²) in [7, 11) is -0.226. The van der Waals surface area contributed by atoms with E-state index >= 15 is 4.39 Å². The molecule has 8 rings (SSSR count). The molecule has 1 aliphatic rings. The second kappa shape index (κ2) is 22.9. The molecule has 72 heavy (non-hydrogen) atoms. The molecule has 27 heteroatoms. The van der Waals surface area contributed by atoms with E-state index in [1.807, 2.05) is 78.9 Å². The highest BCUT2D eigenvalue weighted by Gasteiger charge is 2.53. The second-order valence-electron chi connectivity index (χ2n) is 16.1. The zero-order valence-electron chi connectivity index (χ0n) is 38.9. The van der Waals surface area contributed by atoms with Gasteiger partial charge < -0.3 is 41.9 Å². The van der Waals surface area contributed by atoms with Gasteiger partial charge in [0.15, 0.2) is 35.3 Å². The maximum Gasteiger partial charge on any atom is 0.695 e. The zero-order valence-corrected chi connectivity index (χ0v) is 41.5. The van der Waals surface area contributed by atoms with Gasteiger partial charge in [0.1, 0.15) is 54.1 Å². The van der Waals surface area contributed by atoms with Crippen molar-refractivity contribution >= 4 is 61.0 Å². The molecule has 0 radical (unpaired) electrons. The lowest BCUT2D eigenvalue weighted by molar-refractivity contribution is -0.118. The van der Waals surface area contributed by atoms with Crippen molar-refractivity contribution in [3.8, 4) is 11.5 Å². The molecule has 7 aromatic rings. The number of ether oxygens (including phenoxy) is 4. The number of aromatic nitrogens is 9. The molecule has 1 aliphatic heterocycles. The van der Waals surface area contributed by atoms with Crippen LogP contribution in [-0.2, 0) is 67.5 Å². The van der Waals surface area contributed by atoms with E-state index in [9.17, 15) is 19.0 Å². The highest BCUT2D eigenvalue weighted by Crippen LogP contribution is 2.51. The van der Waals surface area contributed by atoms with Crippen molar-refractivity contribution in [2.75, 3.05) is 45.9 Å². The summed E-state index contributed by atoms with van der Waals surface area (Å²) in [6.07, 6.45) is -4.25. The van der Waals surface area contributed by atoms with E-state index in [0.717, 1.165) is 21.4 Å². The normalized spacial score (nSPS) is 18.0. The summed E-state index contributed by atoms with van der Waals surface area (Å²) in [4.78, 5) is 58.6. The minimum atomic E-state index is -3.85. The molecule has 376 valence electrons. The van der Waals surface area contributed by atoms with Crippen LogP contribution >= 0.6 is 15.0 Å². The van der Waals surface area contributed by atoms with Gasteiger partial charge in [0.25, 0.3) is 5.56 Å². The number of imidazole rings is 1. The first kappa shape index (κ1) is 51.8. The Morgan fingerprint density at radius 1 is 1.00 bits per heavy atom. The van der Waals surface area contributed by atoms with Crippen LogP contribution < -0.4 is 20.3 Å². The Morgan fingerprint density at radius 2 is 1.67 bits per heavy atom. The molecular weight excluding hydrogens is 1000 g/mol. The maximum atomic E-state index is 16.4. The monoisotopic (exact) mass is 1050 g/mol. The van der Waals surface area contributed by atoms with Crippen LogP contribution in [0.2, 0.25) is 0 Å². The van der Waals surface area contributed by atoms with Crippen LogP contribution in [0, 0.1) is 12.5 Å². The van der Waals surface area contributed by atoms with E-state index in [1.165, 1.54) is 6.33 Å². The fourth-order valence-corrected chi connectivity index (χ4v) is 10.0. The van der Waals surface area contributed by atoms with Crippen molar-refractivity contribution in [3.05, 3.63) is 136 Å². The summed E-state index contributed by atoms with van der Waals surface area (Å²) in [5, 5.41) is 10.2. The molecule has 0 spiro atoms. The first-order valence-corrected chi connectivity index (χ1v) is 25.7. The van der Waals surface area contributed by atoms with E-state index in [2.05, 4.69) is 40.4 Å². The predicted octanol–water partition coefficient (Wildman–Crippen LogP) is 5.94. The molecule has 1 saturated heterocycles. The Labute approximate surface area is 416 Å². The van der Waals surface area contributed by atoms with Gasteiger partial charge in [0.2, 0.25) is 18.4 Å². The minimum Gasteiger partial charge on any atom is -0.497 e. The second-order valence-corrected chi connectivity index (χ2v) is 19.8. The van der Waals surface area contributed by atoms with Crippen LogP contribution in [0.5, 0.6) is 11.5 Å². The lowest BCUT2D eigenvalue weighted by atomic mass is 9.80. The number of H-pyrrole nitrogens is 1. The van der Waals surface area contributed by atoms with Crippen molar-refractivity contribution in [1.82, 2.24) is 44.5 Å². The average Bonchev–Trinajstić information content (AvgIpc) is 4.06. The third-order valence-electron chi connectivity index (χ3n) is 11.3. The van der Waals surface area contributed by atoms with Gasteiger partial charge in [-0.1, -0.05) is 73.7 Å². The van der Waals surface area contributed by atoms with Gasteiger partial charge >= 0.3 is 15.0 Å². The third-order valence-corrected chi connectivity index (χ3v) is 14.1. The topological polar surface area (TPSA) is 265 Å². The van der Waals surface area contributed by atoms with Gasteiger partial charge in [-0.15, -0.1) is 14.5 Å². The minimum absolute atomic E-state index is 0.0574. The highest BCUT2D eigenvalue weighted by molar-refractivity contribution is 8.07. The number of halogens is 1. The third kappa shape index (κ3) is 11.2. The van der Waals surface area contributed by atoms with Crippen molar-refractivity contribution in [1.29, 1.82) is 0 Å². The zero-order chi connectivity index (χ0) is 51.0. The number of fused-ring (bicyclic) bond motifs is 2. The lowest BCUT2D eigenvalue weighted by Gasteiger charge is -2.36. The van der Waals surface area contributed by atoms with E-state index < -0.39 is 69.2 Å². The number of hydrogen-bond acceptors (Lipinski definition) is 18. The van der Waals surface area contributed by atoms with E-state index in [1.54, 1.807) is 38.8 Å². The molecule has 6 atom stereocenters. The summed E-state index contributed by atoms with van der Waals surface area (Å²) >= 11 is 5.81. The van der Waals surface area contributed by atoms with E-state index in [0.29, 0.717) is 28.5 Å². The molecule has 0 bridgehead atoms. The fraction of sp³-hybridized carbons (Fsp3) is 0.356. The fourth-order valence-electron chi connectivity index (χ4n) is 7.81. The van der Waals surface area contributed by atoms with Gasteiger partial charge in [-0.25, -0.2) is 25.9 Å². The molecule has 3 N–H and O–H groups in total. The number of carbonyl (C=O) groups is 1. The van der Waals surface area contributed by atoms with Gasteiger partial charge in [0, 0.05) is 17.0 Å². The van der Waals surface area contributed by atoms with E-state index in [4.69, 9.17) is 60.4 Å². The van der Waals surface area contributed by atoms with Gasteiger partial charge in [-0.2, -0.15) is 9.67 Å². The predicted molar refractivity (Wildman–Crippen MR) is 259 cm³/mol. The quantitative estimate of drug-likeness (QED) is 0.0290. The van der Waals surface area contributed by atoms with Crippen LogP contribution in [-0.4, -0.2) is 114 Å². The van der Waals surface area contributed by atoms with Gasteiger partial charge in [0.05, 0.1) is 33.6 Å². The molecule has 3 aromatic carbocycles. The number of anilines is 1. The van der Waals surface area contributed by atoms with Crippen molar-refractivity contribution in [3.63, 3.8) is 0 Å². The molecule has 5 heterocycles. The molecular formula is C45H47FN11O12P2S+. The van der Waals surface area contributed by atoms with E-state index in [-0.39, 0.29) is 50.0 Å². The van der Waals surface area contributed by atoms with Gasteiger partial charge in [-0.3, -0.25) is 19.9 Å². The number of benzene rings is 3. The van der Waals surface area contributed by atoms with Gasteiger partial charge in [-0.05, 0) is 52.8 Å². The summed E-state index contributed by atoms with van der Waals surface area (Å²) in [6.45, 7) is 5.55.